The van der Waals surface area contributed by atoms with Crippen molar-refractivity contribution in [2.75, 3.05) is 37.5 Å². The molecule has 0 aliphatic carbocycles. The van der Waals surface area contributed by atoms with E-state index in [1.54, 1.807) is 38.0 Å². The molecular formula is C20H25F2N7O. The maximum Gasteiger partial charge on any atom is 0.303 e. The average Bonchev–Trinajstić information content (AvgIpc) is 3.27. The van der Waals surface area contributed by atoms with Crippen LogP contribution in [0.3, 0.4) is 0 Å². The zero-order valence-corrected chi connectivity index (χ0v) is 17.7. The fraction of sp³-hybridized carbons (Fsp3) is 0.500. The van der Waals surface area contributed by atoms with Gasteiger partial charge in [0.05, 0.1) is 16.5 Å². The number of aromatic nitrogens is 5. The van der Waals surface area contributed by atoms with E-state index in [0.29, 0.717) is 18.1 Å². The molecule has 160 valence electrons. The summed E-state index contributed by atoms with van der Waals surface area (Å²) in [6.07, 6.45) is 2.60. The van der Waals surface area contributed by atoms with Crippen LogP contribution in [0, 0.1) is 6.92 Å². The Morgan fingerprint density at radius 2 is 2.03 bits per heavy atom. The second-order valence-corrected chi connectivity index (χ2v) is 7.98. The standard InChI is InChI=1S/C20H25F2N7O/c1-12-8-16(26-18(25-12)20(3,21)22)29-14-9-15(23-4)24-10-13(14)17(27-29)28-7-6-19(2,11-28)30-5/h8-10H,6-7,11H2,1-5H3,(H,23,24). The van der Waals surface area contributed by atoms with Gasteiger partial charge >= 0.3 is 5.92 Å². The number of hydrogen-bond donors (Lipinski definition) is 1. The molecule has 0 radical (unpaired) electrons. The summed E-state index contributed by atoms with van der Waals surface area (Å²) in [5.41, 5.74) is 0.897. The number of alkyl halides is 2. The van der Waals surface area contributed by atoms with Gasteiger partial charge in [-0.25, -0.2) is 19.6 Å². The molecule has 4 heterocycles. The van der Waals surface area contributed by atoms with Crippen LogP contribution in [0.2, 0.25) is 0 Å². The quantitative estimate of drug-likeness (QED) is 0.682. The molecule has 0 aromatic carbocycles. The zero-order valence-electron chi connectivity index (χ0n) is 17.7. The first-order valence-electron chi connectivity index (χ1n) is 9.74. The topological polar surface area (TPSA) is 81.0 Å². The number of aryl methyl sites for hydroxylation is 1. The number of nitrogens with one attached hydrogen (secondary N) is 1. The van der Waals surface area contributed by atoms with Crippen molar-refractivity contribution in [1.82, 2.24) is 24.7 Å². The van der Waals surface area contributed by atoms with E-state index in [-0.39, 0.29) is 11.4 Å². The number of ether oxygens (including phenoxy) is 1. The molecule has 1 aliphatic heterocycles. The van der Waals surface area contributed by atoms with Crippen LogP contribution in [0.5, 0.6) is 0 Å². The third-order valence-corrected chi connectivity index (χ3v) is 5.48. The van der Waals surface area contributed by atoms with E-state index in [9.17, 15) is 8.78 Å². The molecule has 1 N–H and O–H groups in total. The monoisotopic (exact) mass is 417 g/mol. The third kappa shape index (κ3) is 3.55. The fourth-order valence-electron chi connectivity index (χ4n) is 3.68. The van der Waals surface area contributed by atoms with Crippen LogP contribution < -0.4 is 10.2 Å². The Labute approximate surface area is 173 Å². The van der Waals surface area contributed by atoms with Gasteiger partial charge in [0.1, 0.15) is 5.82 Å². The minimum atomic E-state index is -3.15. The Morgan fingerprint density at radius 3 is 2.67 bits per heavy atom. The minimum absolute atomic E-state index is 0.266. The van der Waals surface area contributed by atoms with E-state index < -0.39 is 11.7 Å². The maximum atomic E-state index is 13.9. The molecule has 0 bridgehead atoms. The molecule has 0 spiro atoms. The van der Waals surface area contributed by atoms with Crippen LogP contribution in [-0.4, -0.2) is 57.6 Å². The minimum Gasteiger partial charge on any atom is -0.377 e. The third-order valence-electron chi connectivity index (χ3n) is 5.48. The first kappa shape index (κ1) is 20.4. The lowest BCUT2D eigenvalue weighted by Gasteiger charge is -2.22. The van der Waals surface area contributed by atoms with Crippen LogP contribution in [0.1, 0.15) is 31.8 Å². The van der Waals surface area contributed by atoms with Gasteiger partial charge in [-0.15, -0.1) is 5.10 Å². The van der Waals surface area contributed by atoms with Crippen molar-refractivity contribution in [1.29, 1.82) is 0 Å². The number of fused-ring (bicyclic) bond motifs is 1. The first-order valence-corrected chi connectivity index (χ1v) is 9.74. The predicted molar refractivity (Wildman–Crippen MR) is 111 cm³/mol. The van der Waals surface area contributed by atoms with Crippen LogP contribution in [-0.2, 0) is 10.7 Å². The Balaban J connectivity index is 1.90. The van der Waals surface area contributed by atoms with E-state index in [1.807, 2.05) is 6.07 Å². The number of methoxy groups -OCH3 is 1. The van der Waals surface area contributed by atoms with Crippen molar-refractivity contribution in [2.24, 2.45) is 0 Å². The highest BCUT2D eigenvalue weighted by molar-refractivity contribution is 5.92. The molecule has 0 amide bonds. The first-order chi connectivity index (χ1) is 14.1. The van der Waals surface area contributed by atoms with Gasteiger partial charge in [-0.05, 0) is 20.3 Å². The van der Waals surface area contributed by atoms with Gasteiger partial charge in [0.25, 0.3) is 0 Å². The second-order valence-electron chi connectivity index (χ2n) is 7.98. The molecule has 3 aromatic heterocycles. The Hall–Kier alpha value is -2.88. The van der Waals surface area contributed by atoms with Crippen molar-refractivity contribution >= 4 is 22.5 Å². The number of pyridine rings is 1. The highest BCUT2D eigenvalue weighted by Gasteiger charge is 2.36. The molecule has 30 heavy (non-hydrogen) atoms. The van der Waals surface area contributed by atoms with Crippen molar-refractivity contribution < 1.29 is 13.5 Å². The molecule has 1 fully saturated rings. The maximum absolute atomic E-state index is 13.9. The number of hydrogen-bond acceptors (Lipinski definition) is 7. The molecule has 10 heteroatoms. The zero-order chi connectivity index (χ0) is 21.7. The SMILES string of the molecule is CNc1cc2c(cn1)c(N1CCC(C)(OC)C1)nn2-c1cc(C)nc(C(C)(F)F)n1. The van der Waals surface area contributed by atoms with E-state index >= 15 is 0 Å². The lowest BCUT2D eigenvalue weighted by atomic mass is 10.1. The molecular weight excluding hydrogens is 392 g/mol. The van der Waals surface area contributed by atoms with Crippen LogP contribution in [0.4, 0.5) is 20.4 Å². The Morgan fingerprint density at radius 1 is 1.27 bits per heavy atom. The molecule has 1 unspecified atom stereocenters. The normalized spacial score (nSPS) is 19.6. The molecule has 8 nitrogen and oxygen atoms in total. The fourth-order valence-corrected chi connectivity index (χ4v) is 3.68. The summed E-state index contributed by atoms with van der Waals surface area (Å²) in [5.74, 6) is -2.03. The number of halogens is 2. The molecule has 3 aromatic rings. The second kappa shape index (κ2) is 7.12. The summed E-state index contributed by atoms with van der Waals surface area (Å²) in [6.45, 7) is 5.96. The average molecular weight is 417 g/mol. The van der Waals surface area contributed by atoms with Gasteiger partial charge in [0, 0.05) is 58.2 Å². The van der Waals surface area contributed by atoms with Crippen LogP contribution in [0.25, 0.3) is 16.7 Å². The van der Waals surface area contributed by atoms with Crippen molar-refractivity contribution in [3.63, 3.8) is 0 Å². The van der Waals surface area contributed by atoms with Gasteiger partial charge < -0.3 is 15.0 Å². The van der Waals surface area contributed by atoms with Crippen LogP contribution >= 0.6 is 0 Å². The number of anilines is 2. The summed E-state index contributed by atoms with van der Waals surface area (Å²) in [5, 5.41) is 8.59. The van der Waals surface area contributed by atoms with E-state index in [0.717, 1.165) is 36.6 Å². The summed E-state index contributed by atoms with van der Waals surface area (Å²) >= 11 is 0. The van der Waals surface area contributed by atoms with Crippen molar-refractivity contribution in [2.45, 2.75) is 38.7 Å². The largest absolute Gasteiger partial charge is 0.377 e. The van der Waals surface area contributed by atoms with E-state index in [4.69, 9.17) is 9.84 Å². The van der Waals surface area contributed by atoms with Gasteiger partial charge in [-0.1, -0.05) is 0 Å². The van der Waals surface area contributed by atoms with E-state index in [2.05, 4.69) is 32.1 Å². The lowest BCUT2D eigenvalue weighted by Crippen LogP contribution is -2.32. The van der Waals surface area contributed by atoms with Gasteiger partial charge in [-0.2, -0.15) is 8.78 Å². The smallest absolute Gasteiger partial charge is 0.303 e. The summed E-state index contributed by atoms with van der Waals surface area (Å²) < 4.78 is 35.1. The Bertz CT molecular complexity index is 1090. The van der Waals surface area contributed by atoms with E-state index in [1.165, 1.54) is 0 Å². The molecule has 1 atom stereocenters. The summed E-state index contributed by atoms with van der Waals surface area (Å²) in [4.78, 5) is 14.6. The molecule has 4 rings (SSSR count). The molecule has 1 aliphatic rings. The Kier molecular flexibility index (Phi) is 4.84. The lowest BCUT2D eigenvalue weighted by molar-refractivity contribution is 0.00746. The van der Waals surface area contributed by atoms with Crippen molar-refractivity contribution in [3.05, 3.63) is 29.8 Å². The molecule has 0 saturated carbocycles. The highest BCUT2D eigenvalue weighted by Crippen LogP contribution is 2.35. The van der Waals surface area contributed by atoms with Gasteiger partial charge in [0.15, 0.2) is 11.6 Å². The summed E-state index contributed by atoms with van der Waals surface area (Å²) in [6, 6.07) is 3.48. The molecule has 1 saturated heterocycles. The van der Waals surface area contributed by atoms with Gasteiger partial charge in [0.2, 0.25) is 5.82 Å². The van der Waals surface area contributed by atoms with Crippen LogP contribution in [0.15, 0.2) is 18.3 Å². The number of nitrogens with zero attached hydrogens (tertiary/aromatic N) is 6. The summed E-state index contributed by atoms with van der Waals surface area (Å²) in [7, 11) is 3.47. The van der Waals surface area contributed by atoms with Crippen molar-refractivity contribution in [3.8, 4) is 5.82 Å². The van der Waals surface area contributed by atoms with Gasteiger partial charge in [-0.3, -0.25) is 0 Å². The predicted octanol–water partition coefficient (Wildman–Crippen LogP) is 3.29. The number of rotatable bonds is 5. The highest BCUT2D eigenvalue weighted by atomic mass is 19.3.